The van der Waals surface area contributed by atoms with Gasteiger partial charge in [-0.25, -0.2) is 0 Å². The van der Waals surface area contributed by atoms with Gasteiger partial charge in [0.15, 0.2) is 0 Å². The molecule has 2 aromatic carbocycles. The van der Waals surface area contributed by atoms with Gasteiger partial charge in [0.25, 0.3) is 0 Å². The molecule has 1 N–H and O–H groups in total. The number of carbonyl (C=O) groups is 1. The summed E-state index contributed by atoms with van der Waals surface area (Å²) in [5.74, 6) is 0.475. The van der Waals surface area contributed by atoms with Crippen LogP contribution in [0.4, 0.5) is 5.69 Å². The molecule has 2 aromatic rings. The van der Waals surface area contributed by atoms with Crippen LogP contribution in [-0.2, 0) is 11.3 Å². The van der Waals surface area contributed by atoms with Crippen LogP contribution in [0.25, 0.3) is 0 Å². The van der Waals surface area contributed by atoms with E-state index in [1.807, 2.05) is 42.5 Å². The number of carbonyl (C=O) groups excluding carboxylic acids is 1. The standard InChI is InChI=1S/C22H28N2OS/c1-24(19-11-4-2-5-12-19)16-18-10-8-9-15-21(18)23-22(25)17-26-20-13-6-3-7-14-20/h3,6-10,13-15,19H,2,4-5,11-12,16-17H2,1H3,(H,23,25). The topological polar surface area (TPSA) is 32.3 Å². The van der Waals surface area contributed by atoms with Gasteiger partial charge in [0.1, 0.15) is 0 Å². The van der Waals surface area contributed by atoms with Gasteiger partial charge < -0.3 is 5.32 Å². The largest absolute Gasteiger partial charge is 0.325 e. The van der Waals surface area contributed by atoms with Crippen molar-refractivity contribution in [3.05, 3.63) is 60.2 Å². The van der Waals surface area contributed by atoms with Crippen molar-refractivity contribution in [2.45, 2.75) is 49.6 Å². The van der Waals surface area contributed by atoms with Crippen LogP contribution in [0.3, 0.4) is 0 Å². The number of para-hydroxylation sites is 1. The predicted molar refractivity (Wildman–Crippen MR) is 111 cm³/mol. The van der Waals surface area contributed by atoms with Gasteiger partial charge in [-0.2, -0.15) is 0 Å². The molecule has 1 aliphatic carbocycles. The van der Waals surface area contributed by atoms with E-state index < -0.39 is 0 Å². The second kappa shape index (κ2) is 9.79. The van der Waals surface area contributed by atoms with Crippen molar-refractivity contribution in [2.24, 2.45) is 0 Å². The number of hydrogen-bond acceptors (Lipinski definition) is 3. The quantitative estimate of drug-likeness (QED) is 0.683. The van der Waals surface area contributed by atoms with Crippen molar-refractivity contribution < 1.29 is 4.79 Å². The van der Waals surface area contributed by atoms with Crippen LogP contribution in [0.1, 0.15) is 37.7 Å². The lowest BCUT2D eigenvalue weighted by Gasteiger charge is -2.31. The molecule has 4 heteroatoms. The molecular weight excluding hydrogens is 340 g/mol. The average molecular weight is 369 g/mol. The minimum absolute atomic E-state index is 0.0478. The van der Waals surface area contributed by atoms with Gasteiger partial charge in [0, 0.05) is 23.2 Å². The van der Waals surface area contributed by atoms with Gasteiger partial charge in [0.05, 0.1) is 5.75 Å². The van der Waals surface area contributed by atoms with Crippen molar-refractivity contribution in [2.75, 3.05) is 18.1 Å². The number of rotatable bonds is 7. The van der Waals surface area contributed by atoms with Gasteiger partial charge in [-0.15, -0.1) is 11.8 Å². The van der Waals surface area contributed by atoms with Crippen molar-refractivity contribution in [3.8, 4) is 0 Å². The molecule has 0 aliphatic heterocycles. The van der Waals surface area contributed by atoms with Crippen molar-refractivity contribution in [3.63, 3.8) is 0 Å². The molecule has 3 nitrogen and oxygen atoms in total. The van der Waals surface area contributed by atoms with E-state index in [0.29, 0.717) is 11.8 Å². The van der Waals surface area contributed by atoms with Crippen LogP contribution in [0, 0.1) is 0 Å². The van der Waals surface area contributed by atoms with Gasteiger partial charge in [-0.1, -0.05) is 55.7 Å². The van der Waals surface area contributed by atoms with Crippen LogP contribution in [0.15, 0.2) is 59.5 Å². The fourth-order valence-corrected chi connectivity index (χ4v) is 4.27. The molecule has 0 saturated heterocycles. The van der Waals surface area contributed by atoms with Crippen LogP contribution in [0.2, 0.25) is 0 Å². The molecule has 0 radical (unpaired) electrons. The Kier molecular flexibility index (Phi) is 7.15. The smallest absolute Gasteiger partial charge is 0.234 e. The zero-order valence-electron chi connectivity index (χ0n) is 15.5. The lowest BCUT2D eigenvalue weighted by atomic mass is 9.94. The van der Waals surface area contributed by atoms with E-state index in [4.69, 9.17) is 0 Å². The molecule has 1 fully saturated rings. The highest BCUT2D eigenvalue weighted by atomic mass is 32.2. The summed E-state index contributed by atoms with van der Waals surface area (Å²) in [4.78, 5) is 15.9. The molecule has 0 heterocycles. The van der Waals surface area contributed by atoms with E-state index in [0.717, 1.165) is 17.1 Å². The maximum atomic E-state index is 12.4. The van der Waals surface area contributed by atoms with E-state index in [-0.39, 0.29) is 5.91 Å². The number of amides is 1. The number of benzene rings is 2. The SMILES string of the molecule is CN(Cc1ccccc1NC(=O)CSc1ccccc1)C1CCCCC1. The average Bonchev–Trinajstić information content (AvgIpc) is 2.69. The lowest BCUT2D eigenvalue weighted by Crippen LogP contribution is -2.33. The highest BCUT2D eigenvalue weighted by Gasteiger charge is 2.19. The molecule has 0 spiro atoms. The number of hydrogen-bond donors (Lipinski definition) is 1. The molecular formula is C22H28N2OS. The number of nitrogens with zero attached hydrogens (tertiary/aromatic N) is 1. The third-order valence-electron chi connectivity index (χ3n) is 5.02. The molecule has 138 valence electrons. The fraction of sp³-hybridized carbons (Fsp3) is 0.409. The molecule has 0 atom stereocenters. The first-order valence-corrected chi connectivity index (χ1v) is 10.5. The zero-order chi connectivity index (χ0) is 18.2. The van der Waals surface area contributed by atoms with Gasteiger partial charge in [-0.3, -0.25) is 9.69 Å². The second-order valence-electron chi connectivity index (χ2n) is 7.01. The van der Waals surface area contributed by atoms with Crippen molar-refractivity contribution in [1.82, 2.24) is 4.90 Å². The summed E-state index contributed by atoms with van der Waals surface area (Å²) in [6, 6.07) is 18.9. The van der Waals surface area contributed by atoms with Crippen molar-refractivity contribution >= 4 is 23.4 Å². The number of thioether (sulfide) groups is 1. The molecule has 0 bridgehead atoms. The normalized spacial score (nSPS) is 15.2. The Morgan fingerprint density at radius 3 is 2.50 bits per heavy atom. The van der Waals surface area contributed by atoms with E-state index in [2.05, 4.69) is 29.4 Å². The van der Waals surface area contributed by atoms with E-state index in [1.165, 1.54) is 37.7 Å². The number of nitrogens with one attached hydrogen (secondary N) is 1. The van der Waals surface area contributed by atoms with Gasteiger partial charge in [-0.05, 0) is 43.7 Å². The zero-order valence-corrected chi connectivity index (χ0v) is 16.3. The van der Waals surface area contributed by atoms with Crippen LogP contribution in [-0.4, -0.2) is 29.6 Å². The Balaban J connectivity index is 1.56. The maximum absolute atomic E-state index is 12.4. The van der Waals surface area contributed by atoms with Gasteiger partial charge >= 0.3 is 0 Å². The first-order chi connectivity index (χ1) is 12.7. The van der Waals surface area contributed by atoms with Crippen LogP contribution in [0.5, 0.6) is 0 Å². The third-order valence-corrected chi connectivity index (χ3v) is 6.03. The highest BCUT2D eigenvalue weighted by Crippen LogP contribution is 2.25. The predicted octanol–water partition coefficient (Wildman–Crippen LogP) is 5.18. The Hall–Kier alpha value is -1.78. The van der Waals surface area contributed by atoms with Crippen LogP contribution >= 0.6 is 11.8 Å². The lowest BCUT2D eigenvalue weighted by molar-refractivity contribution is -0.113. The molecule has 1 aliphatic rings. The van der Waals surface area contributed by atoms with Crippen molar-refractivity contribution in [1.29, 1.82) is 0 Å². The van der Waals surface area contributed by atoms with E-state index in [9.17, 15) is 4.79 Å². The summed E-state index contributed by atoms with van der Waals surface area (Å²) < 4.78 is 0. The fourth-order valence-electron chi connectivity index (χ4n) is 3.55. The molecule has 0 aromatic heterocycles. The summed E-state index contributed by atoms with van der Waals surface area (Å²) in [7, 11) is 2.21. The van der Waals surface area contributed by atoms with E-state index in [1.54, 1.807) is 11.8 Å². The molecule has 26 heavy (non-hydrogen) atoms. The summed E-state index contributed by atoms with van der Waals surface area (Å²) in [6.07, 6.45) is 6.63. The summed E-state index contributed by atoms with van der Waals surface area (Å²) in [5, 5.41) is 3.10. The van der Waals surface area contributed by atoms with Crippen LogP contribution < -0.4 is 5.32 Å². The van der Waals surface area contributed by atoms with E-state index >= 15 is 0 Å². The Labute approximate surface area is 161 Å². The monoisotopic (exact) mass is 368 g/mol. The maximum Gasteiger partial charge on any atom is 0.234 e. The summed E-state index contributed by atoms with van der Waals surface area (Å²) >= 11 is 1.57. The molecule has 1 amide bonds. The second-order valence-corrected chi connectivity index (χ2v) is 8.06. The Morgan fingerprint density at radius 1 is 1.04 bits per heavy atom. The first-order valence-electron chi connectivity index (χ1n) is 9.48. The highest BCUT2D eigenvalue weighted by molar-refractivity contribution is 8.00. The summed E-state index contributed by atoms with van der Waals surface area (Å²) in [5.41, 5.74) is 2.13. The molecule has 0 unspecified atom stereocenters. The molecule has 1 saturated carbocycles. The minimum atomic E-state index is 0.0478. The first kappa shape index (κ1) is 19.0. The number of anilines is 1. The molecule has 3 rings (SSSR count). The Morgan fingerprint density at radius 2 is 1.73 bits per heavy atom. The van der Waals surface area contributed by atoms with Gasteiger partial charge in [0.2, 0.25) is 5.91 Å². The Bertz CT molecular complexity index is 698. The third kappa shape index (κ3) is 5.61. The minimum Gasteiger partial charge on any atom is -0.325 e. The summed E-state index contributed by atoms with van der Waals surface area (Å²) in [6.45, 7) is 0.882.